The van der Waals surface area contributed by atoms with Crippen molar-refractivity contribution in [1.29, 1.82) is 0 Å². The van der Waals surface area contributed by atoms with Gasteiger partial charge in [-0.05, 0) is 36.6 Å². The summed E-state index contributed by atoms with van der Waals surface area (Å²) in [5, 5.41) is 1.21. The van der Waals surface area contributed by atoms with Crippen LogP contribution in [0, 0.1) is 5.92 Å². The number of nitrogens with zero attached hydrogens (tertiary/aromatic N) is 1. The zero-order chi connectivity index (χ0) is 13.1. The Hall–Kier alpha value is -1.35. The highest BCUT2D eigenvalue weighted by Crippen LogP contribution is 2.20. The van der Waals surface area contributed by atoms with E-state index in [0.717, 1.165) is 12.1 Å². The number of benzene rings is 1. The molecule has 1 atom stereocenters. The van der Waals surface area contributed by atoms with Gasteiger partial charge < -0.3 is 10.3 Å². The fourth-order valence-corrected chi connectivity index (χ4v) is 2.56. The van der Waals surface area contributed by atoms with Crippen LogP contribution in [0.3, 0.4) is 0 Å². The lowest BCUT2D eigenvalue weighted by Crippen LogP contribution is -2.09. The minimum atomic E-state index is 0.462. The number of hydrogen-bond donors (Lipinski definition) is 1. The molecular weight excluding hydrogens is 240 g/mol. The molecule has 0 spiro atoms. The molecule has 0 fully saturated rings. The summed E-state index contributed by atoms with van der Waals surface area (Å²) >= 11 is 5.01. The minimum absolute atomic E-state index is 0.462. The highest BCUT2D eigenvalue weighted by Gasteiger charge is 2.06. The molecular formula is C15H20N2S. The van der Waals surface area contributed by atoms with Gasteiger partial charge in [-0.15, -0.1) is 0 Å². The predicted molar refractivity (Wildman–Crippen MR) is 81.9 cm³/mol. The molecule has 0 saturated heterocycles. The van der Waals surface area contributed by atoms with Crippen molar-refractivity contribution in [2.24, 2.45) is 11.7 Å². The summed E-state index contributed by atoms with van der Waals surface area (Å²) in [5.41, 5.74) is 7.86. The van der Waals surface area contributed by atoms with Crippen molar-refractivity contribution in [1.82, 2.24) is 4.57 Å². The zero-order valence-corrected chi connectivity index (χ0v) is 11.8. The lowest BCUT2D eigenvalue weighted by Gasteiger charge is -2.12. The topological polar surface area (TPSA) is 30.9 Å². The van der Waals surface area contributed by atoms with Gasteiger partial charge in [0.15, 0.2) is 0 Å². The molecule has 0 aliphatic heterocycles. The van der Waals surface area contributed by atoms with Crippen molar-refractivity contribution in [3.05, 3.63) is 36.0 Å². The Balaban J connectivity index is 2.28. The van der Waals surface area contributed by atoms with E-state index < -0.39 is 0 Å². The first-order chi connectivity index (χ1) is 8.61. The largest absolute Gasteiger partial charge is 0.389 e. The predicted octanol–water partition coefficient (Wildman–Crippen LogP) is 3.71. The third-order valence-electron chi connectivity index (χ3n) is 3.35. The van der Waals surface area contributed by atoms with Crippen molar-refractivity contribution in [3.8, 4) is 0 Å². The fraction of sp³-hybridized carbons (Fsp3) is 0.400. The van der Waals surface area contributed by atoms with Crippen molar-refractivity contribution in [2.45, 2.75) is 33.2 Å². The standard InChI is InChI=1S/C15H20N2S/c1-3-4-11(2)10-17-8-7-12-9-13(15(16)18)5-6-14(12)17/h5-9,11H,3-4,10H2,1-2H3,(H2,16,18). The Morgan fingerprint density at radius 1 is 1.39 bits per heavy atom. The van der Waals surface area contributed by atoms with Crippen LogP contribution in [-0.4, -0.2) is 9.56 Å². The lowest BCUT2D eigenvalue weighted by atomic mass is 10.1. The van der Waals surface area contributed by atoms with Gasteiger partial charge in [-0.1, -0.05) is 32.5 Å². The first-order valence-electron chi connectivity index (χ1n) is 6.50. The molecule has 96 valence electrons. The Morgan fingerprint density at radius 3 is 2.83 bits per heavy atom. The summed E-state index contributed by atoms with van der Waals surface area (Å²) in [5.74, 6) is 0.709. The van der Waals surface area contributed by atoms with E-state index in [2.05, 4.69) is 42.8 Å². The van der Waals surface area contributed by atoms with Gasteiger partial charge in [-0.25, -0.2) is 0 Å². The van der Waals surface area contributed by atoms with Crippen molar-refractivity contribution >= 4 is 28.1 Å². The summed E-state index contributed by atoms with van der Waals surface area (Å²) in [6.07, 6.45) is 4.66. The van der Waals surface area contributed by atoms with Crippen molar-refractivity contribution in [3.63, 3.8) is 0 Å². The van der Waals surface area contributed by atoms with E-state index in [9.17, 15) is 0 Å². The van der Waals surface area contributed by atoms with Crippen LogP contribution in [0.1, 0.15) is 32.3 Å². The fourth-order valence-electron chi connectivity index (χ4n) is 2.43. The van der Waals surface area contributed by atoms with Gasteiger partial charge in [0.1, 0.15) is 4.99 Å². The monoisotopic (exact) mass is 260 g/mol. The first kappa shape index (κ1) is 13.1. The van der Waals surface area contributed by atoms with Crippen LogP contribution in [0.2, 0.25) is 0 Å². The van der Waals surface area contributed by atoms with Gasteiger partial charge in [0.25, 0.3) is 0 Å². The third-order valence-corrected chi connectivity index (χ3v) is 3.58. The number of fused-ring (bicyclic) bond motifs is 1. The Morgan fingerprint density at radius 2 is 2.17 bits per heavy atom. The molecule has 18 heavy (non-hydrogen) atoms. The van der Waals surface area contributed by atoms with Crippen molar-refractivity contribution < 1.29 is 0 Å². The number of aromatic nitrogens is 1. The van der Waals surface area contributed by atoms with Crippen molar-refractivity contribution in [2.75, 3.05) is 0 Å². The summed E-state index contributed by atoms with van der Waals surface area (Å²) < 4.78 is 2.32. The van der Waals surface area contributed by atoms with E-state index >= 15 is 0 Å². The van der Waals surface area contributed by atoms with E-state index in [1.807, 2.05) is 6.07 Å². The maximum Gasteiger partial charge on any atom is 0.104 e. The van der Waals surface area contributed by atoms with Crippen LogP contribution in [0.25, 0.3) is 10.9 Å². The molecule has 2 N–H and O–H groups in total. The molecule has 1 aromatic carbocycles. The first-order valence-corrected chi connectivity index (χ1v) is 6.91. The Bertz CT molecular complexity index is 557. The molecule has 0 amide bonds. The maximum absolute atomic E-state index is 5.66. The molecule has 2 rings (SSSR count). The highest BCUT2D eigenvalue weighted by atomic mass is 32.1. The molecule has 1 unspecified atom stereocenters. The van der Waals surface area contributed by atoms with Crippen LogP contribution in [0.5, 0.6) is 0 Å². The average molecular weight is 260 g/mol. The second-order valence-corrected chi connectivity index (χ2v) is 5.44. The summed E-state index contributed by atoms with van der Waals surface area (Å²) in [6.45, 7) is 5.61. The molecule has 0 bridgehead atoms. The molecule has 1 aromatic heterocycles. The molecule has 0 aliphatic rings. The number of rotatable bonds is 5. The summed E-state index contributed by atoms with van der Waals surface area (Å²) in [6, 6.07) is 8.32. The molecule has 0 aliphatic carbocycles. The molecule has 3 heteroatoms. The third kappa shape index (κ3) is 2.72. The second kappa shape index (κ2) is 5.53. The van der Waals surface area contributed by atoms with Gasteiger partial charge in [0, 0.05) is 29.2 Å². The molecule has 0 radical (unpaired) electrons. The van der Waals surface area contributed by atoms with Gasteiger partial charge in [-0.2, -0.15) is 0 Å². The van der Waals surface area contributed by atoms with E-state index in [4.69, 9.17) is 18.0 Å². The second-order valence-electron chi connectivity index (χ2n) is 5.00. The van der Waals surface area contributed by atoms with Crippen LogP contribution in [-0.2, 0) is 6.54 Å². The molecule has 1 heterocycles. The van der Waals surface area contributed by atoms with Crippen LogP contribution in [0.4, 0.5) is 0 Å². The SMILES string of the molecule is CCCC(C)Cn1ccc2cc(C(N)=S)ccc21. The number of hydrogen-bond acceptors (Lipinski definition) is 1. The van der Waals surface area contributed by atoms with E-state index in [1.165, 1.54) is 23.7 Å². The van der Waals surface area contributed by atoms with E-state index in [0.29, 0.717) is 10.9 Å². The van der Waals surface area contributed by atoms with Gasteiger partial charge in [0.05, 0.1) is 0 Å². The maximum atomic E-state index is 5.66. The highest BCUT2D eigenvalue weighted by molar-refractivity contribution is 7.80. The Labute approximate surface area is 114 Å². The number of nitrogens with two attached hydrogens (primary N) is 1. The smallest absolute Gasteiger partial charge is 0.104 e. The van der Waals surface area contributed by atoms with Gasteiger partial charge >= 0.3 is 0 Å². The lowest BCUT2D eigenvalue weighted by molar-refractivity contribution is 0.453. The average Bonchev–Trinajstić information content (AvgIpc) is 2.72. The van der Waals surface area contributed by atoms with Crippen LogP contribution >= 0.6 is 12.2 Å². The van der Waals surface area contributed by atoms with Crippen LogP contribution in [0.15, 0.2) is 30.5 Å². The Kier molecular flexibility index (Phi) is 4.02. The van der Waals surface area contributed by atoms with Crippen LogP contribution < -0.4 is 5.73 Å². The molecule has 0 saturated carbocycles. The summed E-state index contributed by atoms with van der Waals surface area (Å²) in [4.78, 5) is 0.462. The van der Waals surface area contributed by atoms with E-state index in [1.54, 1.807) is 0 Å². The molecule has 2 nitrogen and oxygen atoms in total. The quantitative estimate of drug-likeness (QED) is 0.831. The van der Waals surface area contributed by atoms with Gasteiger partial charge in [0.2, 0.25) is 0 Å². The number of thiocarbonyl (C=S) groups is 1. The molecule has 2 aromatic rings. The zero-order valence-electron chi connectivity index (χ0n) is 11.0. The summed E-state index contributed by atoms with van der Waals surface area (Å²) in [7, 11) is 0. The van der Waals surface area contributed by atoms with E-state index in [-0.39, 0.29) is 0 Å². The minimum Gasteiger partial charge on any atom is -0.389 e. The normalized spacial score (nSPS) is 12.8. The van der Waals surface area contributed by atoms with Gasteiger partial charge in [-0.3, -0.25) is 0 Å².